The van der Waals surface area contributed by atoms with Crippen LogP contribution in [0.2, 0.25) is 0 Å². The van der Waals surface area contributed by atoms with E-state index in [1.807, 2.05) is 12.1 Å². The number of nitrogens with zero attached hydrogens (tertiary/aromatic N) is 2. The SMILES string of the molecule is CCCN1CCC(CNC(=NC)NCc2cc(OC)c(OC)c(OC)c2)CC1.I. The van der Waals surface area contributed by atoms with E-state index in [0.29, 0.717) is 29.7 Å². The largest absolute Gasteiger partial charge is 0.493 e. The first-order valence-corrected chi connectivity index (χ1v) is 10.1. The molecule has 2 rings (SSSR count). The number of benzene rings is 1. The van der Waals surface area contributed by atoms with Crippen molar-refractivity contribution in [1.29, 1.82) is 0 Å². The molecule has 0 atom stereocenters. The van der Waals surface area contributed by atoms with E-state index in [9.17, 15) is 0 Å². The fraction of sp³-hybridized carbons (Fsp3) is 0.667. The summed E-state index contributed by atoms with van der Waals surface area (Å²) in [6.45, 7) is 7.45. The number of halogens is 1. The van der Waals surface area contributed by atoms with Gasteiger partial charge in [0.15, 0.2) is 17.5 Å². The van der Waals surface area contributed by atoms with Gasteiger partial charge in [0, 0.05) is 20.1 Å². The third-order valence-corrected chi connectivity index (χ3v) is 5.21. The second-order valence-electron chi connectivity index (χ2n) is 7.13. The van der Waals surface area contributed by atoms with Crippen molar-refractivity contribution < 1.29 is 14.2 Å². The molecule has 0 radical (unpaired) electrons. The number of methoxy groups -OCH3 is 3. The molecule has 0 aromatic heterocycles. The molecule has 1 aliphatic heterocycles. The number of rotatable bonds is 9. The molecule has 0 amide bonds. The molecule has 7 nitrogen and oxygen atoms in total. The predicted octanol–water partition coefficient (Wildman–Crippen LogP) is 3.12. The van der Waals surface area contributed by atoms with Gasteiger partial charge < -0.3 is 29.7 Å². The van der Waals surface area contributed by atoms with Gasteiger partial charge >= 0.3 is 0 Å². The number of piperidine rings is 1. The molecule has 0 aliphatic carbocycles. The summed E-state index contributed by atoms with van der Waals surface area (Å²) in [5.74, 6) is 3.42. The molecule has 1 fully saturated rings. The second kappa shape index (κ2) is 13.7. The molecular weight excluding hydrogens is 483 g/mol. The van der Waals surface area contributed by atoms with Crippen LogP contribution in [0.4, 0.5) is 0 Å². The molecule has 0 saturated carbocycles. The molecule has 2 N–H and O–H groups in total. The van der Waals surface area contributed by atoms with E-state index in [0.717, 1.165) is 18.1 Å². The van der Waals surface area contributed by atoms with E-state index in [2.05, 4.69) is 27.4 Å². The Labute approximate surface area is 192 Å². The molecule has 0 unspecified atom stereocenters. The molecule has 0 bridgehead atoms. The highest BCUT2D eigenvalue weighted by Crippen LogP contribution is 2.38. The summed E-state index contributed by atoms with van der Waals surface area (Å²) in [6, 6.07) is 3.90. The number of guanidine groups is 1. The Bertz CT molecular complexity index is 609. The van der Waals surface area contributed by atoms with Crippen LogP contribution in [-0.4, -0.2) is 65.4 Å². The summed E-state index contributed by atoms with van der Waals surface area (Å²) in [6.07, 6.45) is 3.73. The number of nitrogens with one attached hydrogen (secondary N) is 2. The zero-order valence-corrected chi connectivity index (χ0v) is 20.7. The maximum Gasteiger partial charge on any atom is 0.203 e. The van der Waals surface area contributed by atoms with Crippen molar-refractivity contribution >= 4 is 29.9 Å². The lowest BCUT2D eigenvalue weighted by Gasteiger charge is -2.32. The Kier molecular flexibility index (Phi) is 12.1. The van der Waals surface area contributed by atoms with Gasteiger partial charge in [0.25, 0.3) is 0 Å². The fourth-order valence-corrected chi connectivity index (χ4v) is 3.62. The maximum atomic E-state index is 5.42. The first-order chi connectivity index (χ1) is 13.6. The Morgan fingerprint density at radius 3 is 2.17 bits per heavy atom. The lowest BCUT2D eigenvalue weighted by Crippen LogP contribution is -2.42. The lowest BCUT2D eigenvalue weighted by atomic mass is 9.97. The van der Waals surface area contributed by atoms with E-state index < -0.39 is 0 Å². The quantitative estimate of drug-likeness (QED) is 0.297. The van der Waals surface area contributed by atoms with Crippen LogP contribution in [0.5, 0.6) is 17.2 Å². The number of likely N-dealkylation sites (tertiary alicyclic amines) is 1. The zero-order valence-electron chi connectivity index (χ0n) is 18.4. The molecular formula is C21H37IN4O3. The van der Waals surface area contributed by atoms with Crippen molar-refractivity contribution in [3.8, 4) is 17.2 Å². The van der Waals surface area contributed by atoms with E-state index in [4.69, 9.17) is 14.2 Å². The standard InChI is InChI=1S/C21H36N4O3.HI/c1-6-9-25-10-7-16(8-11-25)14-23-21(22-2)24-15-17-12-18(26-3)20(28-5)19(13-17)27-4;/h12-13,16H,6-11,14-15H2,1-5H3,(H2,22,23,24);1H. The summed E-state index contributed by atoms with van der Waals surface area (Å²) in [4.78, 5) is 6.91. The molecule has 1 heterocycles. The Balaban J connectivity index is 0.00000420. The average molecular weight is 520 g/mol. The van der Waals surface area contributed by atoms with Crippen LogP contribution in [-0.2, 0) is 6.54 Å². The minimum atomic E-state index is 0. The van der Waals surface area contributed by atoms with E-state index >= 15 is 0 Å². The van der Waals surface area contributed by atoms with E-state index in [1.165, 1.54) is 38.9 Å². The number of hydrogen-bond donors (Lipinski definition) is 2. The highest BCUT2D eigenvalue weighted by Gasteiger charge is 2.19. The summed E-state index contributed by atoms with van der Waals surface area (Å²) >= 11 is 0. The van der Waals surface area contributed by atoms with Crippen LogP contribution in [0, 0.1) is 5.92 Å². The van der Waals surface area contributed by atoms with Crippen LogP contribution in [0.3, 0.4) is 0 Å². The number of ether oxygens (including phenoxy) is 3. The molecule has 8 heteroatoms. The van der Waals surface area contributed by atoms with Gasteiger partial charge in [0.2, 0.25) is 5.75 Å². The van der Waals surface area contributed by atoms with Gasteiger partial charge in [-0.3, -0.25) is 4.99 Å². The van der Waals surface area contributed by atoms with Gasteiger partial charge in [-0.05, 0) is 62.5 Å². The molecule has 1 aliphatic rings. The predicted molar refractivity (Wildman–Crippen MR) is 129 cm³/mol. The van der Waals surface area contributed by atoms with Gasteiger partial charge in [-0.25, -0.2) is 0 Å². The van der Waals surface area contributed by atoms with Crippen molar-refractivity contribution in [2.24, 2.45) is 10.9 Å². The fourth-order valence-electron chi connectivity index (χ4n) is 3.62. The first kappa shape index (κ1) is 25.6. The third kappa shape index (κ3) is 7.73. The molecule has 29 heavy (non-hydrogen) atoms. The van der Waals surface area contributed by atoms with Crippen molar-refractivity contribution in [2.75, 3.05) is 54.6 Å². The summed E-state index contributed by atoms with van der Waals surface area (Å²) in [7, 11) is 6.66. The molecule has 166 valence electrons. The van der Waals surface area contributed by atoms with Gasteiger partial charge in [-0.15, -0.1) is 24.0 Å². The van der Waals surface area contributed by atoms with Crippen LogP contribution >= 0.6 is 24.0 Å². The average Bonchev–Trinajstić information content (AvgIpc) is 2.74. The lowest BCUT2D eigenvalue weighted by molar-refractivity contribution is 0.185. The summed E-state index contributed by atoms with van der Waals surface area (Å²) < 4.78 is 16.2. The highest BCUT2D eigenvalue weighted by molar-refractivity contribution is 14.0. The Morgan fingerprint density at radius 1 is 1.07 bits per heavy atom. The number of hydrogen-bond acceptors (Lipinski definition) is 5. The third-order valence-electron chi connectivity index (χ3n) is 5.21. The van der Waals surface area contributed by atoms with E-state index in [-0.39, 0.29) is 24.0 Å². The Morgan fingerprint density at radius 2 is 1.69 bits per heavy atom. The van der Waals surface area contributed by atoms with Gasteiger partial charge in [0.1, 0.15) is 0 Å². The highest BCUT2D eigenvalue weighted by atomic mass is 127. The summed E-state index contributed by atoms with van der Waals surface area (Å²) in [5, 5.41) is 6.84. The molecule has 0 spiro atoms. The maximum absolute atomic E-state index is 5.42. The molecule has 1 aromatic carbocycles. The number of aliphatic imine (C=N–C) groups is 1. The van der Waals surface area contributed by atoms with Crippen molar-refractivity contribution in [3.63, 3.8) is 0 Å². The van der Waals surface area contributed by atoms with Crippen LogP contribution in [0.25, 0.3) is 0 Å². The van der Waals surface area contributed by atoms with Crippen LogP contribution in [0.15, 0.2) is 17.1 Å². The van der Waals surface area contributed by atoms with Crippen molar-refractivity contribution in [2.45, 2.75) is 32.7 Å². The van der Waals surface area contributed by atoms with Crippen LogP contribution in [0.1, 0.15) is 31.7 Å². The minimum Gasteiger partial charge on any atom is -0.493 e. The Hall–Kier alpha value is -1.42. The van der Waals surface area contributed by atoms with Gasteiger partial charge in [0.05, 0.1) is 21.3 Å². The smallest absolute Gasteiger partial charge is 0.203 e. The second-order valence-corrected chi connectivity index (χ2v) is 7.13. The van der Waals surface area contributed by atoms with E-state index in [1.54, 1.807) is 28.4 Å². The zero-order chi connectivity index (χ0) is 20.4. The van der Waals surface area contributed by atoms with Crippen LogP contribution < -0.4 is 24.8 Å². The monoisotopic (exact) mass is 520 g/mol. The minimum absolute atomic E-state index is 0. The molecule has 1 saturated heterocycles. The molecule has 1 aromatic rings. The van der Waals surface area contributed by atoms with Crippen molar-refractivity contribution in [1.82, 2.24) is 15.5 Å². The topological polar surface area (TPSA) is 67.4 Å². The first-order valence-electron chi connectivity index (χ1n) is 10.1. The summed E-state index contributed by atoms with van der Waals surface area (Å²) in [5.41, 5.74) is 1.03. The van der Waals surface area contributed by atoms with Crippen molar-refractivity contribution in [3.05, 3.63) is 17.7 Å². The van der Waals surface area contributed by atoms with Gasteiger partial charge in [-0.2, -0.15) is 0 Å². The van der Waals surface area contributed by atoms with Gasteiger partial charge in [-0.1, -0.05) is 6.92 Å². The normalized spacial score (nSPS) is 15.4.